The summed E-state index contributed by atoms with van der Waals surface area (Å²) in [7, 11) is 0. The normalized spacial score (nSPS) is 21.3. The number of hydrogen-bond acceptors (Lipinski definition) is 7. The minimum Gasteiger partial charge on any atom is -0.394 e. The van der Waals surface area contributed by atoms with Crippen molar-refractivity contribution in [2.75, 3.05) is 24.6 Å². The fourth-order valence-corrected chi connectivity index (χ4v) is 5.47. The van der Waals surface area contributed by atoms with Crippen molar-refractivity contribution < 1.29 is 28.2 Å². The van der Waals surface area contributed by atoms with Gasteiger partial charge in [0.05, 0.1) is 23.7 Å². The van der Waals surface area contributed by atoms with E-state index in [-0.39, 0.29) is 25.1 Å². The van der Waals surface area contributed by atoms with Crippen LogP contribution >= 0.6 is 0 Å². The third-order valence-corrected chi connectivity index (χ3v) is 7.86. The van der Waals surface area contributed by atoms with Crippen LogP contribution in [0.15, 0.2) is 42.9 Å². The lowest BCUT2D eigenvalue weighted by Crippen LogP contribution is -2.54. The lowest BCUT2D eigenvalue weighted by molar-refractivity contribution is -0.137. The number of fused-ring (bicyclic) bond motifs is 1. The third kappa shape index (κ3) is 6.02. The molecule has 1 aliphatic heterocycles. The molecular formula is C27H33F3N6O3. The Bertz CT molecular complexity index is 1290. The SMILES string of the molecule is NC(=O)C(CO)N1CC[C@@H](CCn2ccc3c(N(Cc4ccc(C(F)(F)F)cc4)C4CC4)ncnc32)[C@H](O)C1. The number of aromatic nitrogens is 3. The fraction of sp³-hybridized carbons (Fsp3) is 0.519. The molecule has 12 heteroatoms. The van der Waals surface area contributed by atoms with E-state index in [1.807, 2.05) is 16.8 Å². The highest BCUT2D eigenvalue weighted by molar-refractivity contribution is 5.88. The molecule has 0 bridgehead atoms. The van der Waals surface area contributed by atoms with Crippen LogP contribution in [0.2, 0.25) is 0 Å². The van der Waals surface area contributed by atoms with Gasteiger partial charge >= 0.3 is 6.18 Å². The van der Waals surface area contributed by atoms with Gasteiger partial charge in [0, 0.05) is 31.9 Å². The smallest absolute Gasteiger partial charge is 0.394 e. The van der Waals surface area contributed by atoms with Gasteiger partial charge in [0.25, 0.3) is 0 Å². The molecule has 4 N–H and O–H groups in total. The van der Waals surface area contributed by atoms with Crippen LogP contribution in [0, 0.1) is 5.92 Å². The zero-order valence-corrected chi connectivity index (χ0v) is 21.5. The van der Waals surface area contributed by atoms with Crippen molar-refractivity contribution in [2.24, 2.45) is 11.7 Å². The number of nitrogens with two attached hydrogens (primary N) is 1. The standard InChI is InChI=1S/C27H33F3N6O3/c28-27(29,30)19-3-1-17(2-4-19)13-36(20-5-6-20)26-21-9-12-34(25(21)32-16-33-26)10-7-18-8-11-35(14-23(18)38)22(15-37)24(31)39/h1-4,9,12,16,18,20,22-23,37-38H,5-8,10-11,13-15H2,(H2,31,39)/t18-,22?,23-/m1/s1. The van der Waals surface area contributed by atoms with Crippen LogP contribution in [0.1, 0.15) is 36.8 Å². The second kappa shape index (κ2) is 11.1. The first-order valence-corrected chi connectivity index (χ1v) is 13.2. The van der Waals surface area contributed by atoms with E-state index < -0.39 is 29.8 Å². The maximum atomic E-state index is 13.0. The number of carbonyl (C=O) groups excluding carboxylic acids is 1. The van der Waals surface area contributed by atoms with E-state index in [0.29, 0.717) is 32.5 Å². The average molecular weight is 547 g/mol. The van der Waals surface area contributed by atoms with Gasteiger partial charge in [-0.3, -0.25) is 9.69 Å². The second-order valence-electron chi connectivity index (χ2n) is 10.5. The van der Waals surface area contributed by atoms with Gasteiger partial charge in [0.1, 0.15) is 23.8 Å². The molecule has 2 aromatic heterocycles. The van der Waals surface area contributed by atoms with Crippen molar-refractivity contribution in [1.29, 1.82) is 0 Å². The number of alkyl halides is 3. The Morgan fingerprint density at radius 1 is 1.15 bits per heavy atom. The van der Waals surface area contributed by atoms with Crippen LogP contribution < -0.4 is 10.6 Å². The van der Waals surface area contributed by atoms with Crippen LogP contribution in [0.5, 0.6) is 0 Å². The summed E-state index contributed by atoms with van der Waals surface area (Å²) in [6, 6.07) is 6.71. The number of benzene rings is 1. The summed E-state index contributed by atoms with van der Waals surface area (Å²) in [5.41, 5.74) is 6.25. The molecule has 39 heavy (non-hydrogen) atoms. The largest absolute Gasteiger partial charge is 0.416 e. The molecule has 2 fully saturated rings. The molecule has 210 valence electrons. The van der Waals surface area contributed by atoms with Gasteiger partial charge in [0.15, 0.2) is 0 Å². The number of carbonyl (C=O) groups is 1. The van der Waals surface area contributed by atoms with Gasteiger partial charge in [-0.1, -0.05) is 12.1 Å². The minimum absolute atomic E-state index is 0.0230. The summed E-state index contributed by atoms with van der Waals surface area (Å²) in [6.45, 7) is 1.54. The molecule has 3 heterocycles. The number of hydrogen-bond donors (Lipinski definition) is 3. The number of aliphatic hydroxyl groups excluding tert-OH is 2. The first-order chi connectivity index (χ1) is 18.7. The number of likely N-dealkylation sites (tertiary alicyclic amines) is 1. The minimum atomic E-state index is -4.37. The van der Waals surface area contributed by atoms with E-state index in [0.717, 1.165) is 47.4 Å². The van der Waals surface area contributed by atoms with Gasteiger partial charge in [-0.25, -0.2) is 9.97 Å². The maximum Gasteiger partial charge on any atom is 0.416 e. The van der Waals surface area contributed by atoms with Crippen molar-refractivity contribution in [3.63, 3.8) is 0 Å². The van der Waals surface area contributed by atoms with Crippen molar-refractivity contribution >= 4 is 22.8 Å². The summed E-state index contributed by atoms with van der Waals surface area (Å²) >= 11 is 0. The monoisotopic (exact) mass is 546 g/mol. The number of piperidine rings is 1. The number of aryl methyl sites for hydroxylation is 1. The maximum absolute atomic E-state index is 13.0. The highest BCUT2D eigenvalue weighted by Crippen LogP contribution is 2.36. The third-order valence-electron chi connectivity index (χ3n) is 7.86. The van der Waals surface area contributed by atoms with E-state index in [1.54, 1.807) is 4.90 Å². The molecule has 3 atom stereocenters. The zero-order chi connectivity index (χ0) is 27.7. The topological polar surface area (TPSA) is 121 Å². The predicted molar refractivity (Wildman–Crippen MR) is 139 cm³/mol. The Morgan fingerprint density at radius 3 is 2.51 bits per heavy atom. The van der Waals surface area contributed by atoms with Crippen LogP contribution in [0.25, 0.3) is 11.0 Å². The van der Waals surface area contributed by atoms with Gasteiger partial charge in [-0.15, -0.1) is 0 Å². The first kappa shape index (κ1) is 27.4. The highest BCUT2D eigenvalue weighted by atomic mass is 19.4. The Labute approximate surface area is 224 Å². The molecule has 3 aromatic rings. The fourth-order valence-electron chi connectivity index (χ4n) is 5.47. The molecule has 2 aliphatic rings. The van der Waals surface area contributed by atoms with Crippen LogP contribution in [0.3, 0.4) is 0 Å². The quantitative estimate of drug-likeness (QED) is 0.357. The van der Waals surface area contributed by atoms with Crippen molar-refractivity contribution in [3.05, 3.63) is 54.0 Å². The summed E-state index contributed by atoms with van der Waals surface area (Å²) < 4.78 is 41.0. The number of rotatable bonds is 10. The average Bonchev–Trinajstić information content (AvgIpc) is 3.66. The number of nitrogens with zero attached hydrogens (tertiary/aromatic N) is 5. The number of primary amides is 1. The molecule has 1 aliphatic carbocycles. The number of anilines is 1. The van der Waals surface area contributed by atoms with Crippen molar-refractivity contribution in [2.45, 2.75) is 63.1 Å². The van der Waals surface area contributed by atoms with Crippen molar-refractivity contribution in [1.82, 2.24) is 19.4 Å². The van der Waals surface area contributed by atoms with E-state index in [1.165, 1.54) is 18.5 Å². The van der Waals surface area contributed by atoms with Crippen LogP contribution in [-0.4, -0.2) is 73.4 Å². The molecule has 5 rings (SSSR count). The summed E-state index contributed by atoms with van der Waals surface area (Å²) in [5, 5.41) is 21.1. The lowest BCUT2D eigenvalue weighted by Gasteiger charge is -2.38. The Balaban J connectivity index is 1.28. The number of halogens is 3. The summed E-state index contributed by atoms with van der Waals surface area (Å²) in [5.74, 6) is 0.182. The van der Waals surface area contributed by atoms with Gasteiger partial charge in [-0.2, -0.15) is 13.2 Å². The molecule has 1 aromatic carbocycles. The summed E-state index contributed by atoms with van der Waals surface area (Å²) in [6.07, 6.45) is 1.82. The van der Waals surface area contributed by atoms with Crippen LogP contribution in [0.4, 0.5) is 19.0 Å². The van der Waals surface area contributed by atoms with Gasteiger partial charge < -0.3 is 25.4 Å². The molecule has 1 unspecified atom stereocenters. The molecule has 1 saturated heterocycles. The summed E-state index contributed by atoms with van der Waals surface area (Å²) in [4.78, 5) is 24.5. The van der Waals surface area contributed by atoms with E-state index >= 15 is 0 Å². The molecule has 1 amide bonds. The molecule has 0 spiro atoms. The van der Waals surface area contributed by atoms with E-state index in [4.69, 9.17) is 5.73 Å². The lowest BCUT2D eigenvalue weighted by atomic mass is 9.90. The Hall–Kier alpha value is -3.22. The van der Waals surface area contributed by atoms with E-state index in [9.17, 15) is 28.2 Å². The molecule has 9 nitrogen and oxygen atoms in total. The van der Waals surface area contributed by atoms with Gasteiger partial charge in [-0.05, 0) is 61.9 Å². The highest BCUT2D eigenvalue weighted by Gasteiger charge is 2.34. The molecule has 1 saturated carbocycles. The first-order valence-electron chi connectivity index (χ1n) is 13.2. The zero-order valence-electron chi connectivity index (χ0n) is 21.5. The predicted octanol–water partition coefficient (Wildman–Crippen LogP) is 2.54. The number of aliphatic hydroxyl groups is 2. The van der Waals surface area contributed by atoms with E-state index in [2.05, 4.69) is 14.9 Å². The van der Waals surface area contributed by atoms with Gasteiger partial charge in [0.2, 0.25) is 5.91 Å². The second-order valence-corrected chi connectivity index (χ2v) is 10.5. The number of β-amino-alcohol motifs (C(OH)–C–C–N with tert-alkyl or cyclic N) is 1. The van der Waals surface area contributed by atoms with Crippen molar-refractivity contribution in [3.8, 4) is 0 Å². The number of amides is 1. The van der Waals surface area contributed by atoms with Crippen LogP contribution in [-0.2, 0) is 24.1 Å². The Kier molecular flexibility index (Phi) is 7.79. The Morgan fingerprint density at radius 2 is 1.90 bits per heavy atom. The molecule has 0 radical (unpaired) electrons. The molecular weight excluding hydrogens is 513 g/mol.